The smallest absolute Gasteiger partial charge is 0.145 e. The fraction of sp³-hybridized carbons (Fsp3) is 0.464. The third-order valence-electron chi connectivity index (χ3n) is 8.61. The lowest BCUT2D eigenvalue weighted by atomic mass is 9.95. The normalized spacial score (nSPS) is 26.6. The van der Waals surface area contributed by atoms with E-state index < -0.39 is 12.2 Å². The molecule has 0 spiro atoms. The highest BCUT2D eigenvalue weighted by Gasteiger charge is 2.42. The van der Waals surface area contributed by atoms with Crippen molar-refractivity contribution in [1.82, 2.24) is 24.4 Å². The minimum atomic E-state index is -0.846. The first-order chi connectivity index (χ1) is 17.5. The van der Waals surface area contributed by atoms with Gasteiger partial charge in [-0.25, -0.2) is 9.97 Å². The highest BCUT2D eigenvalue weighted by Crippen LogP contribution is 2.40. The molecule has 0 radical (unpaired) electrons. The summed E-state index contributed by atoms with van der Waals surface area (Å²) in [5.74, 6) is 0.427. The first kappa shape index (κ1) is 22.2. The maximum absolute atomic E-state index is 10.9. The van der Waals surface area contributed by atoms with Gasteiger partial charge >= 0.3 is 0 Å². The number of nitrogens with zero attached hydrogens (tertiary/aromatic N) is 5. The molecule has 4 heterocycles. The van der Waals surface area contributed by atoms with Gasteiger partial charge in [0.25, 0.3) is 0 Å². The second-order valence-corrected chi connectivity index (χ2v) is 10.9. The van der Waals surface area contributed by atoms with Crippen molar-refractivity contribution in [2.24, 2.45) is 5.92 Å². The summed E-state index contributed by atoms with van der Waals surface area (Å²) in [6.07, 6.45) is 7.79. The fourth-order valence-corrected chi connectivity index (χ4v) is 6.36. The van der Waals surface area contributed by atoms with Gasteiger partial charge in [0, 0.05) is 30.7 Å². The highest BCUT2D eigenvalue weighted by atomic mass is 16.3. The molecule has 4 atom stereocenters. The van der Waals surface area contributed by atoms with Gasteiger partial charge in [-0.15, -0.1) is 0 Å². The van der Waals surface area contributed by atoms with E-state index in [1.165, 1.54) is 41.4 Å². The molecule has 2 saturated carbocycles. The zero-order chi connectivity index (χ0) is 24.4. The minimum absolute atomic E-state index is 0.000855. The monoisotopic (exact) mass is 484 g/mol. The van der Waals surface area contributed by atoms with E-state index in [0.29, 0.717) is 17.9 Å². The number of benzene rings is 1. The van der Waals surface area contributed by atoms with E-state index in [1.54, 1.807) is 0 Å². The molecule has 2 aliphatic carbocycles. The van der Waals surface area contributed by atoms with Crippen molar-refractivity contribution in [1.29, 1.82) is 0 Å². The quantitative estimate of drug-likeness (QED) is 0.399. The number of pyridine rings is 1. The van der Waals surface area contributed by atoms with Crippen LogP contribution >= 0.6 is 0 Å². The number of anilines is 1. The Balaban J connectivity index is 1.08. The van der Waals surface area contributed by atoms with Crippen molar-refractivity contribution in [3.63, 3.8) is 0 Å². The third kappa shape index (κ3) is 3.75. The van der Waals surface area contributed by atoms with Crippen LogP contribution < -0.4 is 5.73 Å². The van der Waals surface area contributed by atoms with E-state index in [0.717, 1.165) is 49.3 Å². The number of nitrogens with two attached hydrogens (primary N) is 1. The molecule has 0 bridgehead atoms. The molecule has 4 aromatic rings. The molecule has 0 saturated heterocycles. The summed E-state index contributed by atoms with van der Waals surface area (Å²) < 4.78 is 1.94. The molecule has 3 aromatic heterocycles. The molecule has 186 valence electrons. The Morgan fingerprint density at radius 3 is 2.81 bits per heavy atom. The van der Waals surface area contributed by atoms with E-state index in [2.05, 4.69) is 39.1 Å². The van der Waals surface area contributed by atoms with Gasteiger partial charge < -0.3 is 20.5 Å². The molecule has 1 aromatic carbocycles. The number of hydrogen-bond acceptors (Lipinski definition) is 7. The van der Waals surface area contributed by atoms with Crippen molar-refractivity contribution in [3.8, 4) is 0 Å². The average Bonchev–Trinajstić information content (AvgIpc) is 3.59. The van der Waals surface area contributed by atoms with Gasteiger partial charge in [-0.3, -0.25) is 9.88 Å². The summed E-state index contributed by atoms with van der Waals surface area (Å²) in [4.78, 5) is 16.1. The van der Waals surface area contributed by atoms with Crippen LogP contribution in [0.4, 0.5) is 5.82 Å². The standard InChI is InChI=1S/C28H32N6O2/c29-27-21-8-10-34(28(21)31-15-30-27)24-13-19(25(35)26(24)36)4-2-16-1-3-17-12-18-7-9-33(20-5-6-20)14-23(18)32-22(17)11-16/h1,3,8,10-12,15,19-20,24-26,35-36H,2,4-7,9,13-14H2,(H2,29,30,31)/t19-,24+,25+,26-/m0/s1. The number of rotatable bonds is 5. The van der Waals surface area contributed by atoms with Crippen molar-refractivity contribution >= 4 is 27.8 Å². The summed E-state index contributed by atoms with van der Waals surface area (Å²) in [5, 5.41) is 23.7. The summed E-state index contributed by atoms with van der Waals surface area (Å²) in [5.41, 5.74) is 11.6. The average molecular weight is 485 g/mol. The highest BCUT2D eigenvalue weighted by molar-refractivity contribution is 5.86. The molecule has 0 amide bonds. The first-order valence-corrected chi connectivity index (χ1v) is 13.1. The van der Waals surface area contributed by atoms with E-state index in [-0.39, 0.29) is 12.0 Å². The van der Waals surface area contributed by atoms with Crippen molar-refractivity contribution < 1.29 is 10.2 Å². The maximum atomic E-state index is 10.9. The van der Waals surface area contributed by atoms with E-state index in [4.69, 9.17) is 10.7 Å². The Kier molecular flexibility index (Phi) is 5.23. The zero-order valence-corrected chi connectivity index (χ0v) is 20.3. The van der Waals surface area contributed by atoms with Crippen molar-refractivity contribution in [2.45, 2.75) is 69.4 Å². The predicted octanol–water partition coefficient (Wildman–Crippen LogP) is 3.00. The zero-order valence-electron chi connectivity index (χ0n) is 20.3. The Labute approximate surface area is 209 Å². The van der Waals surface area contributed by atoms with E-state index in [1.807, 2.05) is 16.8 Å². The van der Waals surface area contributed by atoms with Gasteiger partial charge in [-0.2, -0.15) is 0 Å². The molecule has 3 aliphatic rings. The fourth-order valence-electron chi connectivity index (χ4n) is 6.36. The predicted molar refractivity (Wildman–Crippen MR) is 138 cm³/mol. The first-order valence-electron chi connectivity index (χ1n) is 13.1. The van der Waals surface area contributed by atoms with Crippen molar-refractivity contribution in [3.05, 3.63) is 59.7 Å². The molecule has 8 nitrogen and oxygen atoms in total. The van der Waals surface area contributed by atoms with Crippen LogP contribution in [0.15, 0.2) is 42.9 Å². The number of hydrogen-bond donors (Lipinski definition) is 3. The lowest BCUT2D eigenvalue weighted by Gasteiger charge is -2.28. The van der Waals surface area contributed by atoms with Crippen LogP contribution in [0.2, 0.25) is 0 Å². The van der Waals surface area contributed by atoms with Gasteiger partial charge in [0.15, 0.2) is 0 Å². The Bertz CT molecular complexity index is 1450. The maximum Gasteiger partial charge on any atom is 0.145 e. The number of aliphatic hydroxyl groups excluding tert-OH is 2. The van der Waals surface area contributed by atoms with Crippen molar-refractivity contribution in [2.75, 3.05) is 12.3 Å². The molecular formula is C28H32N6O2. The minimum Gasteiger partial charge on any atom is -0.390 e. The van der Waals surface area contributed by atoms with Gasteiger partial charge in [0.05, 0.1) is 28.7 Å². The molecule has 1 aliphatic heterocycles. The van der Waals surface area contributed by atoms with E-state index in [9.17, 15) is 10.2 Å². The van der Waals surface area contributed by atoms with Crippen LogP contribution in [0.3, 0.4) is 0 Å². The molecule has 0 unspecified atom stereocenters. The molecule has 8 heteroatoms. The van der Waals surface area contributed by atoms with Crippen LogP contribution in [-0.2, 0) is 19.4 Å². The van der Waals surface area contributed by atoms with E-state index >= 15 is 0 Å². The summed E-state index contributed by atoms with van der Waals surface area (Å²) >= 11 is 0. The number of aryl methyl sites for hydroxylation is 1. The summed E-state index contributed by atoms with van der Waals surface area (Å²) in [6.45, 7) is 2.12. The second kappa shape index (κ2) is 8.50. The van der Waals surface area contributed by atoms with Crippen LogP contribution in [0.1, 0.15) is 48.5 Å². The van der Waals surface area contributed by atoms with Crippen LogP contribution in [0, 0.1) is 5.92 Å². The van der Waals surface area contributed by atoms with Gasteiger partial charge in [0.2, 0.25) is 0 Å². The molecule has 4 N–H and O–H groups in total. The number of aliphatic hydroxyl groups is 2. The summed E-state index contributed by atoms with van der Waals surface area (Å²) in [7, 11) is 0. The SMILES string of the molecule is Nc1ncnc2c1ccn2[C@@H]1C[C@H](CCc2ccc3cc4c(nc3c2)CN(C2CC2)CC4)[C@@H](O)[C@H]1O. The number of fused-ring (bicyclic) bond motifs is 3. The third-order valence-corrected chi connectivity index (χ3v) is 8.61. The molecule has 36 heavy (non-hydrogen) atoms. The Morgan fingerprint density at radius 1 is 1.06 bits per heavy atom. The Hall–Kier alpha value is -3.07. The molecular weight excluding hydrogens is 452 g/mol. The largest absolute Gasteiger partial charge is 0.390 e. The number of aromatic nitrogens is 4. The Morgan fingerprint density at radius 2 is 1.94 bits per heavy atom. The summed E-state index contributed by atoms with van der Waals surface area (Å²) in [6, 6.07) is 11.3. The van der Waals surface area contributed by atoms with Crippen LogP contribution in [0.25, 0.3) is 21.9 Å². The topological polar surface area (TPSA) is 113 Å². The lowest BCUT2D eigenvalue weighted by Crippen LogP contribution is -2.32. The molecule has 7 rings (SSSR count). The van der Waals surface area contributed by atoms with Crippen LogP contribution in [0.5, 0.6) is 0 Å². The van der Waals surface area contributed by atoms with Crippen LogP contribution in [-0.4, -0.2) is 59.4 Å². The second-order valence-electron chi connectivity index (χ2n) is 10.9. The lowest BCUT2D eigenvalue weighted by molar-refractivity contribution is 0.00545. The van der Waals surface area contributed by atoms with Gasteiger partial charge in [-0.05, 0) is 73.8 Å². The van der Waals surface area contributed by atoms with Gasteiger partial charge in [0.1, 0.15) is 23.9 Å². The molecule has 2 fully saturated rings. The van der Waals surface area contributed by atoms with Gasteiger partial charge in [-0.1, -0.05) is 12.1 Å². The number of nitrogen functional groups attached to an aromatic ring is 1.